The number of benzene rings is 3. The number of aryl methyl sites for hydroxylation is 2. The van der Waals surface area contributed by atoms with Gasteiger partial charge in [-0.3, -0.25) is 9.78 Å². The summed E-state index contributed by atoms with van der Waals surface area (Å²) in [5, 5.41) is 3.61. The molecule has 0 aliphatic heterocycles. The third kappa shape index (κ3) is 3.98. The highest BCUT2D eigenvalue weighted by Crippen LogP contribution is 2.32. The topological polar surface area (TPSA) is 42.0 Å². The molecule has 3 aromatic carbocycles. The average Bonchev–Trinajstić information content (AvgIpc) is 2.76. The molecule has 0 aliphatic rings. The minimum atomic E-state index is -0.161. The molecule has 4 aromatic rings. The summed E-state index contributed by atoms with van der Waals surface area (Å²) in [6.45, 7) is 3.96. The number of halogens is 1. The quantitative estimate of drug-likeness (QED) is 0.394. The molecule has 0 bridgehead atoms. The highest BCUT2D eigenvalue weighted by molar-refractivity contribution is 6.33. The molecular weight excluding hydrogens is 392 g/mol. The van der Waals surface area contributed by atoms with E-state index in [1.165, 1.54) is 0 Å². The van der Waals surface area contributed by atoms with Crippen molar-refractivity contribution in [3.63, 3.8) is 0 Å². The summed E-state index contributed by atoms with van der Waals surface area (Å²) in [6.07, 6.45) is 3.47. The van der Waals surface area contributed by atoms with Crippen molar-refractivity contribution in [2.45, 2.75) is 13.8 Å². The second-order valence-electron chi connectivity index (χ2n) is 7.20. The number of anilines is 1. The molecule has 0 saturated heterocycles. The van der Waals surface area contributed by atoms with E-state index in [2.05, 4.69) is 10.3 Å². The van der Waals surface area contributed by atoms with E-state index in [9.17, 15) is 4.79 Å². The third-order valence-electron chi connectivity index (χ3n) is 5.13. The van der Waals surface area contributed by atoms with E-state index in [0.717, 1.165) is 33.4 Å². The first-order valence-corrected chi connectivity index (χ1v) is 10.1. The number of aromatic nitrogens is 1. The third-order valence-corrected chi connectivity index (χ3v) is 5.44. The average molecular weight is 413 g/mol. The number of carbonyl (C=O) groups excluding carboxylic acids is 1. The van der Waals surface area contributed by atoms with E-state index < -0.39 is 0 Å². The van der Waals surface area contributed by atoms with Crippen LogP contribution in [0.15, 0.2) is 85.2 Å². The maximum atomic E-state index is 13.3. The molecule has 4 heteroatoms. The predicted octanol–water partition coefficient (Wildman–Crippen LogP) is 6.94. The fourth-order valence-electron chi connectivity index (χ4n) is 3.63. The van der Waals surface area contributed by atoms with Gasteiger partial charge in [-0.15, -0.1) is 0 Å². The van der Waals surface area contributed by atoms with Gasteiger partial charge in [0.25, 0.3) is 5.91 Å². The lowest BCUT2D eigenvalue weighted by molar-refractivity contribution is 0.102. The van der Waals surface area contributed by atoms with E-state index in [1.807, 2.05) is 80.6 Å². The number of carbonyl (C=O) groups is 1. The van der Waals surface area contributed by atoms with E-state index in [4.69, 9.17) is 11.6 Å². The minimum Gasteiger partial charge on any atom is -0.322 e. The van der Waals surface area contributed by atoms with Crippen molar-refractivity contribution < 1.29 is 4.79 Å². The Morgan fingerprint density at radius 1 is 0.833 bits per heavy atom. The Morgan fingerprint density at radius 2 is 1.53 bits per heavy atom. The standard InChI is InChI=1S/C26H21ClN2O/c1-17-8-9-18(2)25(24(17)20-12-14-28-15-13-20)26(30)29-21-10-11-22(23(27)16-21)19-6-4-3-5-7-19/h3-16H,1-2H3,(H,29,30). The molecule has 0 atom stereocenters. The number of hydrogen-bond donors (Lipinski definition) is 1. The molecule has 1 heterocycles. The second kappa shape index (κ2) is 8.52. The molecule has 0 unspecified atom stereocenters. The van der Waals surface area contributed by atoms with Crippen LogP contribution in [0.3, 0.4) is 0 Å². The summed E-state index contributed by atoms with van der Waals surface area (Å²) in [5.41, 5.74) is 7.12. The first-order valence-electron chi connectivity index (χ1n) is 9.71. The Hall–Kier alpha value is -3.43. The molecule has 1 N–H and O–H groups in total. The van der Waals surface area contributed by atoms with Gasteiger partial charge in [0.05, 0.1) is 10.6 Å². The first-order chi connectivity index (χ1) is 14.5. The Balaban J connectivity index is 1.69. The van der Waals surface area contributed by atoms with Crippen LogP contribution >= 0.6 is 11.6 Å². The maximum Gasteiger partial charge on any atom is 0.256 e. The Labute approximate surface area is 181 Å². The number of nitrogens with one attached hydrogen (secondary N) is 1. The van der Waals surface area contributed by atoms with Crippen LogP contribution in [0.5, 0.6) is 0 Å². The number of pyridine rings is 1. The van der Waals surface area contributed by atoms with Crippen molar-refractivity contribution in [1.29, 1.82) is 0 Å². The lowest BCUT2D eigenvalue weighted by atomic mass is 9.92. The van der Waals surface area contributed by atoms with Crippen LogP contribution in [-0.2, 0) is 0 Å². The Morgan fingerprint density at radius 3 is 2.23 bits per heavy atom. The van der Waals surface area contributed by atoms with E-state index in [-0.39, 0.29) is 5.91 Å². The molecule has 0 fully saturated rings. The van der Waals surface area contributed by atoms with Gasteiger partial charge in [0.1, 0.15) is 0 Å². The van der Waals surface area contributed by atoms with Gasteiger partial charge in [-0.25, -0.2) is 0 Å². The normalized spacial score (nSPS) is 10.6. The van der Waals surface area contributed by atoms with Gasteiger partial charge in [0, 0.05) is 23.6 Å². The SMILES string of the molecule is Cc1ccc(C)c(-c2ccncc2)c1C(=O)Nc1ccc(-c2ccccc2)c(Cl)c1. The van der Waals surface area contributed by atoms with Crippen LogP contribution in [-0.4, -0.2) is 10.9 Å². The van der Waals surface area contributed by atoms with Crippen molar-refractivity contribution in [3.05, 3.63) is 107 Å². The lowest BCUT2D eigenvalue weighted by Gasteiger charge is -2.16. The van der Waals surface area contributed by atoms with E-state index in [0.29, 0.717) is 16.3 Å². The summed E-state index contributed by atoms with van der Waals surface area (Å²) in [5.74, 6) is -0.161. The molecule has 4 rings (SSSR count). The maximum absolute atomic E-state index is 13.3. The summed E-state index contributed by atoms with van der Waals surface area (Å²) in [4.78, 5) is 17.4. The van der Waals surface area contributed by atoms with Gasteiger partial charge in [-0.1, -0.05) is 60.1 Å². The number of amides is 1. The molecule has 0 spiro atoms. The molecule has 0 saturated carbocycles. The fourth-order valence-corrected chi connectivity index (χ4v) is 3.92. The summed E-state index contributed by atoms with van der Waals surface area (Å²) in [6, 6.07) is 23.4. The van der Waals surface area contributed by atoms with Gasteiger partial charge in [0.15, 0.2) is 0 Å². The molecular formula is C26H21ClN2O. The van der Waals surface area contributed by atoms with Crippen LogP contribution < -0.4 is 5.32 Å². The highest BCUT2D eigenvalue weighted by Gasteiger charge is 2.18. The zero-order valence-electron chi connectivity index (χ0n) is 16.8. The van der Waals surface area contributed by atoms with Gasteiger partial charge in [-0.2, -0.15) is 0 Å². The van der Waals surface area contributed by atoms with E-state index >= 15 is 0 Å². The molecule has 30 heavy (non-hydrogen) atoms. The molecule has 0 radical (unpaired) electrons. The summed E-state index contributed by atoms with van der Waals surface area (Å²) in [7, 11) is 0. The minimum absolute atomic E-state index is 0.161. The van der Waals surface area contributed by atoms with Crippen LogP contribution in [0.2, 0.25) is 5.02 Å². The van der Waals surface area contributed by atoms with Crippen molar-refractivity contribution in [2.75, 3.05) is 5.32 Å². The number of rotatable bonds is 4. The molecule has 1 amide bonds. The van der Waals surface area contributed by atoms with Crippen molar-refractivity contribution in [3.8, 4) is 22.3 Å². The van der Waals surface area contributed by atoms with Crippen LogP contribution in [0.25, 0.3) is 22.3 Å². The van der Waals surface area contributed by atoms with Crippen molar-refractivity contribution >= 4 is 23.2 Å². The predicted molar refractivity (Wildman–Crippen MR) is 124 cm³/mol. The lowest BCUT2D eigenvalue weighted by Crippen LogP contribution is -2.15. The number of hydrogen-bond acceptors (Lipinski definition) is 2. The zero-order valence-corrected chi connectivity index (χ0v) is 17.6. The van der Waals surface area contributed by atoms with Crippen LogP contribution in [0.1, 0.15) is 21.5 Å². The van der Waals surface area contributed by atoms with Gasteiger partial charge >= 0.3 is 0 Å². The van der Waals surface area contributed by atoms with Gasteiger partial charge in [-0.05, 0) is 65.9 Å². The van der Waals surface area contributed by atoms with Crippen molar-refractivity contribution in [2.24, 2.45) is 0 Å². The molecule has 1 aromatic heterocycles. The van der Waals surface area contributed by atoms with Gasteiger partial charge < -0.3 is 5.32 Å². The monoisotopic (exact) mass is 412 g/mol. The smallest absolute Gasteiger partial charge is 0.256 e. The Kier molecular flexibility index (Phi) is 5.64. The highest BCUT2D eigenvalue weighted by atomic mass is 35.5. The largest absolute Gasteiger partial charge is 0.322 e. The summed E-state index contributed by atoms with van der Waals surface area (Å²) < 4.78 is 0. The Bertz CT molecular complexity index is 1200. The number of nitrogens with zero attached hydrogens (tertiary/aromatic N) is 1. The summed E-state index contributed by atoms with van der Waals surface area (Å²) >= 11 is 6.52. The second-order valence-corrected chi connectivity index (χ2v) is 7.61. The van der Waals surface area contributed by atoms with Crippen molar-refractivity contribution in [1.82, 2.24) is 4.98 Å². The van der Waals surface area contributed by atoms with Crippen LogP contribution in [0.4, 0.5) is 5.69 Å². The molecule has 0 aliphatic carbocycles. The molecule has 3 nitrogen and oxygen atoms in total. The molecule has 148 valence electrons. The fraction of sp³-hybridized carbons (Fsp3) is 0.0769. The zero-order chi connectivity index (χ0) is 21.1. The van der Waals surface area contributed by atoms with E-state index in [1.54, 1.807) is 18.5 Å². The first kappa shape index (κ1) is 19.9. The van der Waals surface area contributed by atoms with Crippen LogP contribution in [0, 0.1) is 13.8 Å². The van der Waals surface area contributed by atoms with Gasteiger partial charge in [0.2, 0.25) is 0 Å².